The van der Waals surface area contributed by atoms with Gasteiger partial charge < -0.3 is 16.3 Å². The van der Waals surface area contributed by atoms with Crippen LogP contribution in [-0.2, 0) is 11.2 Å². The molecule has 0 aliphatic heterocycles. The molecular weight excluding hydrogens is 313 g/mol. The first-order valence-corrected chi connectivity index (χ1v) is 7.45. The van der Waals surface area contributed by atoms with Crippen molar-refractivity contribution in [3.63, 3.8) is 0 Å². The fourth-order valence-corrected chi connectivity index (χ4v) is 2.93. The summed E-state index contributed by atoms with van der Waals surface area (Å²) in [7, 11) is 0. The molecule has 0 heterocycles. The zero-order chi connectivity index (χ0) is 15.5. The molecule has 0 spiro atoms. The Balaban J connectivity index is 1.92. The Bertz CT molecular complexity index is 571. The normalized spacial score (nSPS) is 17.1. The summed E-state index contributed by atoms with van der Waals surface area (Å²) in [5.41, 5.74) is 5.70. The van der Waals surface area contributed by atoms with Crippen molar-refractivity contribution in [3.05, 3.63) is 33.8 Å². The number of nitrogens with zero attached hydrogens (tertiary/aromatic N) is 1. The molecule has 2 rings (SSSR count). The van der Waals surface area contributed by atoms with Crippen LogP contribution in [0, 0.1) is 5.41 Å². The Kier molecular flexibility index (Phi) is 4.96. The number of benzene rings is 1. The van der Waals surface area contributed by atoms with E-state index in [1.54, 1.807) is 12.1 Å². The first-order valence-electron chi connectivity index (χ1n) is 6.70. The minimum absolute atomic E-state index is 0.0178. The summed E-state index contributed by atoms with van der Waals surface area (Å²) in [6.07, 6.45) is 2.70. The van der Waals surface area contributed by atoms with Gasteiger partial charge in [0.1, 0.15) is 5.41 Å². The van der Waals surface area contributed by atoms with E-state index >= 15 is 0 Å². The predicted octanol–water partition coefficient (Wildman–Crippen LogP) is 2.57. The van der Waals surface area contributed by atoms with Crippen LogP contribution >= 0.6 is 23.2 Å². The molecule has 1 aromatic rings. The SMILES string of the molecule is N/C(=N/O)C1(C(=O)NCCc2ccc(Cl)cc2Cl)CCC1. The van der Waals surface area contributed by atoms with Crippen LogP contribution in [0.25, 0.3) is 0 Å². The summed E-state index contributed by atoms with van der Waals surface area (Å²) < 4.78 is 0. The third-order valence-electron chi connectivity index (χ3n) is 3.93. The Morgan fingerprint density at radius 3 is 2.67 bits per heavy atom. The molecule has 0 bridgehead atoms. The summed E-state index contributed by atoms with van der Waals surface area (Å²) in [5, 5.41) is 15.8. The highest BCUT2D eigenvalue weighted by molar-refractivity contribution is 6.35. The molecule has 1 amide bonds. The van der Waals surface area contributed by atoms with Crippen molar-refractivity contribution in [2.75, 3.05) is 6.54 Å². The van der Waals surface area contributed by atoms with Gasteiger partial charge in [-0.3, -0.25) is 4.79 Å². The highest BCUT2D eigenvalue weighted by Gasteiger charge is 2.48. The van der Waals surface area contributed by atoms with E-state index in [9.17, 15) is 4.79 Å². The second kappa shape index (κ2) is 6.54. The average Bonchev–Trinajstić information content (AvgIpc) is 2.39. The Hall–Kier alpha value is -1.46. The van der Waals surface area contributed by atoms with Gasteiger partial charge in [0.25, 0.3) is 0 Å². The van der Waals surface area contributed by atoms with Crippen molar-refractivity contribution in [2.24, 2.45) is 16.3 Å². The quantitative estimate of drug-likeness (QED) is 0.336. The van der Waals surface area contributed by atoms with Crippen molar-refractivity contribution < 1.29 is 10.0 Å². The van der Waals surface area contributed by atoms with Gasteiger partial charge in [0.2, 0.25) is 5.91 Å². The second-order valence-electron chi connectivity index (χ2n) is 5.16. The molecule has 7 heteroatoms. The fourth-order valence-electron chi connectivity index (χ4n) is 2.43. The maximum atomic E-state index is 12.2. The van der Waals surface area contributed by atoms with Crippen LogP contribution in [0.2, 0.25) is 10.0 Å². The van der Waals surface area contributed by atoms with Gasteiger partial charge in [-0.1, -0.05) is 40.8 Å². The van der Waals surface area contributed by atoms with Crippen molar-refractivity contribution >= 4 is 34.9 Å². The Morgan fingerprint density at radius 2 is 2.14 bits per heavy atom. The highest BCUT2D eigenvalue weighted by atomic mass is 35.5. The van der Waals surface area contributed by atoms with Crippen LogP contribution in [0.3, 0.4) is 0 Å². The molecule has 1 aliphatic rings. The molecule has 0 unspecified atom stereocenters. The molecule has 0 aromatic heterocycles. The molecular formula is C14H17Cl2N3O2. The molecule has 1 aliphatic carbocycles. The third kappa shape index (κ3) is 3.24. The van der Waals surface area contributed by atoms with Gasteiger partial charge in [-0.25, -0.2) is 0 Å². The number of nitrogens with one attached hydrogen (secondary N) is 1. The minimum atomic E-state index is -0.849. The number of carbonyl (C=O) groups excluding carboxylic acids is 1. The first-order chi connectivity index (χ1) is 9.99. The first kappa shape index (κ1) is 15.9. The van der Waals surface area contributed by atoms with Crippen molar-refractivity contribution in [3.8, 4) is 0 Å². The van der Waals surface area contributed by atoms with Gasteiger partial charge in [-0.05, 0) is 37.0 Å². The maximum Gasteiger partial charge on any atom is 0.233 e. The molecule has 114 valence electrons. The molecule has 1 aromatic carbocycles. The lowest BCUT2D eigenvalue weighted by molar-refractivity contribution is -0.131. The van der Waals surface area contributed by atoms with E-state index in [0.29, 0.717) is 35.9 Å². The second-order valence-corrected chi connectivity index (χ2v) is 6.01. The number of amides is 1. The minimum Gasteiger partial charge on any atom is -0.409 e. The largest absolute Gasteiger partial charge is 0.409 e. The number of oxime groups is 1. The van der Waals surface area contributed by atoms with Crippen LogP contribution in [0.15, 0.2) is 23.4 Å². The summed E-state index contributed by atoms with van der Waals surface area (Å²) in [5.74, 6) is -0.218. The standard InChI is InChI=1S/C14H17Cl2N3O2/c15-10-3-2-9(11(16)8-10)4-7-18-13(20)14(5-1-6-14)12(17)19-21/h2-3,8,21H,1,4-7H2,(H2,17,19)(H,18,20). The molecule has 21 heavy (non-hydrogen) atoms. The lowest BCUT2D eigenvalue weighted by Gasteiger charge is -2.38. The van der Waals surface area contributed by atoms with Crippen molar-refractivity contribution in [2.45, 2.75) is 25.7 Å². The molecule has 0 radical (unpaired) electrons. The zero-order valence-corrected chi connectivity index (χ0v) is 12.9. The Morgan fingerprint density at radius 1 is 1.43 bits per heavy atom. The van der Waals surface area contributed by atoms with Crippen LogP contribution in [0.4, 0.5) is 0 Å². The summed E-state index contributed by atoms with van der Waals surface area (Å²) in [6.45, 7) is 0.431. The number of hydrogen-bond acceptors (Lipinski definition) is 3. The van der Waals surface area contributed by atoms with E-state index in [0.717, 1.165) is 12.0 Å². The smallest absolute Gasteiger partial charge is 0.233 e. The van der Waals surface area contributed by atoms with E-state index in [2.05, 4.69) is 10.5 Å². The molecule has 4 N–H and O–H groups in total. The van der Waals surface area contributed by atoms with E-state index in [1.165, 1.54) is 0 Å². The summed E-state index contributed by atoms with van der Waals surface area (Å²) >= 11 is 11.9. The van der Waals surface area contributed by atoms with Crippen molar-refractivity contribution in [1.82, 2.24) is 5.32 Å². The van der Waals surface area contributed by atoms with Gasteiger partial charge >= 0.3 is 0 Å². The lowest BCUT2D eigenvalue weighted by atomic mass is 9.67. The predicted molar refractivity (Wildman–Crippen MR) is 82.9 cm³/mol. The number of hydrogen-bond donors (Lipinski definition) is 3. The van der Waals surface area contributed by atoms with E-state index < -0.39 is 5.41 Å². The summed E-state index contributed by atoms with van der Waals surface area (Å²) in [6, 6.07) is 5.26. The van der Waals surface area contributed by atoms with Crippen LogP contribution in [0.5, 0.6) is 0 Å². The average molecular weight is 330 g/mol. The van der Waals surface area contributed by atoms with Crippen LogP contribution in [0.1, 0.15) is 24.8 Å². The van der Waals surface area contributed by atoms with E-state index in [4.69, 9.17) is 34.1 Å². The molecule has 5 nitrogen and oxygen atoms in total. The van der Waals surface area contributed by atoms with Gasteiger partial charge in [0.15, 0.2) is 5.84 Å². The topological polar surface area (TPSA) is 87.7 Å². The fraction of sp³-hybridized carbons (Fsp3) is 0.429. The Labute approximate surface area is 133 Å². The number of nitrogens with two attached hydrogens (primary N) is 1. The molecule has 0 saturated heterocycles. The molecule has 1 fully saturated rings. The van der Waals surface area contributed by atoms with Gasteiger partial charge in [0.05, 0.1) is 0 Å². The molecule has 0 atom stereocenters. The molecule has 1 saturated carbocycles. The van der Waals surface area contributed by atoms with Crippen molar-refractivity contribution in [1.29, 1.82) is 0 Å². The maximum absolute atomic E-state index is 12.2. The lowest BCUT2D eigenvalue weighted by Crippen LogP contribution is -2.54. The van der Waals surface area contributed by atoms with Gasteiger partial charge in [0, 0.05) is 16.6 Å². The van der Waals surface area contributed by atoms with Gasteiger partial charge in [-0.15, -0.1) is 0 Å². The number of halogens is 2. The number of rotatable bonds is 5. The zero-order valence-electron chi connectivity index (χ0n) is 11.4. The van der Waals surface area contributed by atoms with Gasteiger partial charge in [-0.2, -0.15) is 0 Å². The van der Waals surface area contributed by atoms with E-state index in [1.807, 2.05) is 6.07 Å². The highest BCUT2D eigenvalue weighted by Crippen LogP contribution is 2.41. The van der Waals surface area contributed by atoms with Crippen LogP contribution < -0.4 is 11.1 Å². The van der Waals surface area contributed by atoms with Crippen LogP contribution in [-0.4, -0.2) is 23.5 Å². The number of amidine groups is 1. The van der Waals surface area contributed by atoms with E-state index in [-0.39, 0.29) is 11.7 Å². The summed E-state index contributed by atoms with van der Waals surface area (Å²) in [4.78, 5) is 12.2. The number of carbonyl (C=O) groups is 1. The third-order valence-corrected chi connectivity index (χ3v) is 4.52. The monoisotopic (exact) mass is 329 g/mol.